The van der Waals surface area contributed by atoms with Crippen LogP contribution in [0.3, 0.4) is 0 Å². The van der Waals surface area contributed by atoms with Crippen LogP contribution in [0.2, 0.25) is 0 Å². The van der Waals surface area contributed by atoms with Crippen molar-refractivity contribution in [3.8, 4) is 0 Å². The fourth-order valence-electron chi connectivity index (χ4n) is 0.753. The highest BCUT2D eigenvalue weighted by atomic mass is 15.3. The fourth-order valence-corrected chi connectivity index (χ4v) is 0.753. The van der Waals surface area contributed by atoms with Gasteiger partial charge in [0.25, 0.3) is 0 Å². The van der Waals surface area contributed by atoms with E-state index >= 15 is 0 Å². The van der Waals surface area contributed by atoms with Crippen LogP contribution in [0, 0.1) is 5.92 Å². The van der Waals surface area contributed by atoms with Gasteiger partial charge in [-0.25, -0.2) is 0 Å². The first-order valence-corrected chi connectivity index (χ1v) is 3.54. The summed E-state index contributed by atoms with van der Waals surface area (Å²) in [5, 5.41) is 6.36. The molecule has 5 N–H and O–H groups in total. The van der Waals surface area contributed by atoms with Crippen molar-refractivity contribution in [1.82, 2.24) is 15.2 Å². The normalized spacial score (nSPS) is 13.8. The van der Waals surface area contributed by atoms with E-state index in [1.165, 1.54) is 0 Å². The van der Waals surface area contributed by atoms with Gasteiger partial charge in [0, 0.05) is 0 Å². The van der Waals surface area contributed by atoms with Crippen molar-refractivity contribution in [2.24, 2.45) is 11.7 Å². The van der Waals surface area contributed by atoms with Gasteiger partial charge in [-0.1, -0.05) is 13.8 Å². The van der Waals surface area contributed by atoms with E-state index in [0.717, 1.165) is 0 Å². The van der Waals surface area contributed by atoms with Crippen molar-refractivity contribution in [3.63, 3.8) is 0 Å². The maximum absolute atomic E-state index is 5.76. The molecule has 11 heavy (non-hydrogen) atoms. The Hall–Kier alpha value is -1.10. The third-order valence-corrected chi connectivity index (χ3v) is 1.55. The van der Waals surface area contributed by atoms with Gasteiger partial charge in [0.15, 0.2) is 0 Å². The van der Waals surface area contributed by atoms with Crippen LogP contribution in [0.5, 0.6) is 0 Å². The molecule has 0 aliphatic rings. The number of nitrogens with two attached hydrogens (primary N) is 2. The van der Waals surface area contributed by atoms with Gasteiger partial charge in [0.2, 0.25) is 5.95 Å². The van der Waals surface area contributed by atoms with Gasteiger partial charge in [0.1, 0.15) is 5.82 Å². The van der Waals surface area contributed by atoms with E-state index in [0.29, 0.717) is 11.7 Å². The Morgan fingerprint density at radius 3 is 2.45 bits per heavy atom. The summed E-state index contributed by atoms with van der Waals surface area (Å²) in [5.41, 5.74) is 11.1. The number of nitrogens with one attached hydrogen (secondary N) is 1. The molecule has 0 unspecified atom stereocenters. The standard InChI is InChI=1S/C6H13N5/c1-3(2)4(7)5-9-6(8)11-10-5/h3-4H,7H2,1-2H3,(H3,8,9,10,11)/t4-/m1/s1. The van der Waals surface area contributed by atoms with Crippen LogP contribution < -0.4 is 11.5 Å². The Bertz CT molecular complexity index is 229. The van der Waals surface area contributed by atoms with Crippen molar-refractivity contribution in [1.29, 1.82) is 0 Å². The average molecular weight is 155 g/mol. The summed E-state index contributed by atoms with van der Waals surface area (Å²) >= 11 is 0. The van der Waals surface area contributed by atoms with Crippen LogP contribution in [0.15, 0.2) is 0 Å². The van der Waals surface area contributed by atoms with Gasteiger partial charge < -0.3 is 11.5 Å². The van der Waals surface area contributed by atoms with E-state index in [4.69, 9.17) is 11.5 Å². The van der Waals surface area contributed by atoms with Gasteiger partial charge in [-0.05, 0) is 5.92 Å². The third kappa shape index (κ3) is 1.68. The lowest BCUT2D eigenvalue weighted by molar-refractivity contribution is 0.492. The predicted molar refractivity (Wildman–Crippen MR) is 42.6 cm³/mol. The van der Waals surface area contributed by atoms with E-state index in [9.17, 15) is 0 Å². The first-order chi connectivity index (χ1) is 5.11. The summed E-state index contributed by atoms with van der Waals surface area (Å²) in [5.74, 6) is 1.23. The van der Waals surface area contributed by atoms with Crippen LogP contribution in [-0.4, -0.2) is 15.2 Å². The summed E-state index contributed by atoms with van der Waals surface area (Å²) in [6.45, 7) is 4.03. The number of anilines is 1. The molecular weight excluding hydrogens is 142 g/mol. The zero-order valence-corrected chi connectivity index (χ0v) is 6.70. The monoisotopic (exact) mass is 155 g/mol. The Morgan fingerprint density at radius 1 is 1.45 bits per heavy atom. The largest absolute Gasteiger partial charge is 0.367 e. The van der Waals surface area contributed by atoms with Crippen LogP contribution in [0.1, 0.15) is 25.7 Å². The Labute approximate surface area is 65.2 Å². The molecule has 0 aliphatic heterocycles. The van der Waals surface area contributed by atoms with Crippen LogP contribution in [-0.2, 0) is 0 Å². The topological polar surface area (TPSA) is 93.6 Å². The number of H-pyrrole nitrogens is 1. The quantitative estimate of drug-likeness (QED) is 0.562. The second kappa shape index (κ2) is 2.87. The molecule has 1 heterocycles. The van der Waals surface area contributed by atoms with Crippen molar-refractivity contribution >= 4 is 5.95 Å². The van der Waals surface area contributed by atoms with Crippen LogP contribution >= 0.6 is 0 Å². The molecule has 5 heteroatoms. The summed E-state index contributed by atoms with van der Waals surface area (Å²) < 4.78 is 0. The van der Waals surface area contributed by atoms with Gasteiger partial charge in [-0.15, -0.1) is 5.10 Å². The van der Waals surface area contributed by atoms with Crippen LogP contribution in [0.25, 0.3) is 0 Å². The molecular formula is C6H13N5. The zero-order chi connectivity index (χ0) is 8.43. The predicted octanol–water partition coefficient (Wildman–Crippen LogP) is 0.0427. The number of aromatic nitrogens is 3. The number of nitrogen functional groups attached to an aromatic ring is 1. The number of hydrogen-bond donors (Lipinski definition) is 3. The minimum absolute atomic E-state index is 0.111. The van der Waals surface area contributed by atoms with Gasteiger partial charge in [-0.3, -0.25) is 5.10 Å². The highest BCUT2D eigenvalue weighted by Gasteiger charge is 2.13. The van der Waals surface area contributed by atoms with E-state index in [1.54, 1.807) is 0 Å². The van der Waals surface area contributed by atoms with Gasteiger partial charge >= 0.3 is 0 Å². The molecule has 1 atom stereocenters. The average Bonchev–Trinajstić information content (AvgIpc) is 2.34. The Balaban J connectivity index is 2.76. The maximum Gasteiger partial charge on any atom is 0.239 e. The highest BCUT2D eigenvalue weighted by molar-refractivity contribution is 5.14. The van der Waals surface area contributed by atoms with E-state index in [2.05, 4.69) is 15.2 Å². The van der Waals surface area contributed by atoms with Crippen molar-refractivity contribution < 1.29 is 0 Å². The third-order valence-electron chi connectivity index (χ3n) is 1.55. The molecule has 0 radical (unpaired) electrons. The molecule has 1 aromatic heterocycles. The Kier molecular flexibility index (Phi) is 2.09. The molecule has 0 saturated heterocycles. The first-order valence-electron chi connectivity index (χ1n) is 3.54. The maximum atomic E-state index is 5.76. The minimum atomic E-state index is -0.111. The molecule has 0 spiro atoms. The summed E-state index contributed by atoms with van der Waals surface area (Å²) in [7, 11) is 0. The van der Waals surface area contributed by atoms with E-state index in [1.807, 2.05) is 13.8 Å². The molecule has 0 bridgehead atoms. The zero-order valence-electron chi connectivity index (χ0n) is 6.70. The molecule has 0 aromatic carbocycles. The lowest BCUT2D eigenvalue weighted by Crippen LogP contribution is -2.18. The van der Waals surface area contributed by atoms with E-state index in [-0.39, 0.29) is 12.0 Å². The fraction of sp³-hybridized carbons (Fsp3) is 0.667. The second-order valence-corrected chi connectivity index (χ2v) is 2.85. The van der Waals surface area contributed by atoms with Crippen molar-refractivity contribution in [2.45, 2.75) is 19.9 Å². The molecule has 1 aromatic rings. The number of rotatable bonds is 2. The van der Waals surface area contributed by atoms with Gasteiger partial charge in [0.05, 0.1) is 6.04 Å². The molecule has 1 rings (SSSR count). The first kappa shape index (κ1) is 8.00. The minimum Gasteiger partial charge on any atom is -0.367 e. The lowest BCUT2D eigenvalue weighted by atomic mass is 10.1. The molecule has 5 nitrogen and oxygen atoms in total. The summed E-state index contributed by atoms with van der Waals surface area (Å²) in [6.07, 6.45) is 0. The molecule has 0 aliphatic carbocycles. The SMILES string of the molecule is CC(C)[C@@H](N)c1nc(N)n[nH]1. The summed E-state index contributed by atoms with van der Waals surface area (Å²) in [4.78, 5) is 3.92. The number of hydrogen-bond acceptors (Lipinski definition) is 4. The van der Waals surface area contributed by atoms with Gasteiger partial charge in [-0.2, -0.15) is 4.98 Å². The molecule has 62 valence electrons. The van der Waals surface area contributed by atoms with Crippen molar-refractivity contribution in [2.75, 3.05) is 5.73 Å². The number of aromatic amines is 1. The lowest BCUT2D eigenvalue weighted by Gasteiger charge is -2.10. The molecule has 0 fully saturated rings. The summed E-state index contributed by atoms with van der Waals surface area (Å²) in [6, 6.07) is -0.111. The second-order valence-electron chi connectivity index (χ2n) is 2.85. The number of nitrogens with zero attached hydrogens (tertiary/aromatic N) is 2. The van der Waals surface area contributed by atoms with E-state index < -0.39 is 0 Å². The Morgan fingerprint density at radius 2 is 2.09 bits per heavy atom. The molecule has 0 saturated carbocycles. The highest BCUT2D eigenvalue weighted by Crippen LogP contribution is 2.14. The smallest absolute Gasteiger partial charge is 0.239 e. The van der Waals surface area contributed by atoms with Crippen molar-refractivity contribution in [3.05, 3.63) is 5.82 Å². The molecule has 0 amide bonds. The van der Waals surface area contributed by atoms with Crippen LogP contribution in [0.4, 0.5) is 5.95 Å².